The van der Waals surface area contributed by atoms with Gasteiger partial charge in [0.1, 0.15) is 5.82 Å². The first-order valence-electron chi connectivity index (χ1n) is 6.77. The molecule has 0 heterocycles. The molecule has 4 rings (SSSR count). The van der Waals surface area contributed by atoms with E-state index in [2.05, 4.69) is 5.32 Å². The average Bonchev–Trinajstić information content (AvgIpc) is 2.28. The molecule has 0 radical (unpaired) electrons. The fourth-order valence-corrected chi connectivity index (χ4v) is 4.40. The van der Waals surface area contributed by atoms with E-state index >= 15 is 0 Å². The number of hydrogen-bond donors (Lipinski definition) is 1. The third-order valence-corrected chi connectivity index (χ3v) is 5.75. The minimum atomic E-state index is -4.31. The van der Waals surface area contributed by atoms with E-state index in [-0.39, 0.29) is 24.2 Å². The summed E-state index contributed by atoms with van der Waals surface area (Å²) in [6.07, 6.45) is -4.11. The third-order valence-electron chi connectivity index (χ3n) is 4.60. The van der Waals surface area contributed by atoms with Crippen LogP contribution in [0.25, 0.3) is 0 Å². The van der Waals surface area contributed by atoms with Crippen LogP contribution >= 0.6 is 0 Å². The Morgan fingerprint density at radius 2 is 1.78 bits per heavy atom. The Kier molecular flexibility index (Phi) is 3.15. The number of halogens is 4. The molecule has 1 N–H and O–H groups in total. The number of sulfone groups is 1. The van der Waals surface area contributed by atoms with Gasteiger partial charge >= 0.3 is 6.18 Å². The number of nitrogens with one attached hydrogen (secondary N) is 1. The average molecular weight is 351 g/mol. The van der Waals surface area contributed by atoms with Gasteiger partial charge in [-0.15, -0.1) is 0 Å². The highest BCUT2D eigenvalue weighted by Gasteiger charge is 2.79. The van der Waals surface area contributed by atoms with Crippen molar-refractivity contribution in [2.45, 2.75) is 35.9 Å². The minimum Gasteiger partial charge on any atom is -0.346 e. The van der Waals surface area contributed by atoms with E-state index < -0.39 is 44.3 Å². The summed E-state index contributed by atoms with van der Waals surface area (Å²) < 4.78 is 75.0. The Balaban J connectivity index is 1.81. The van der Waals surface area contributed by atoms with E-state index in [1.54, 1.807) is 0 Å². The van der Waals surface area contributed by atoms with Crippen LogP contribution < -0.4 is 5.32 Å². The van der Waals surface area contributed by atoms with Crippen LogP contribution in [0.15, 0.2) is 23.1 Å². The van der Waals surface area contributed by atoms with Gasteiger partial charge in [-0.05, 0) is 37.5 Å². The van der Waals surface area contributed by atoms with E-state index in [1.807, 2.05) is 0 Å². The summed E-state index contributed by atoms with van der Waals surface area (Å²) in [5.74, 6) is -1.67. The summed E-state index contributed by atoms with van der Waals surface area (Å²) in [4.78, 5) is 11.9. The van der Waals surface area contributed by atoms with Crippen LogP contribution in [-0.4, -0.2) is 32.3 Å². The van der Waals surface area contributed by atoms with Crippen molar-refractivity contribution in [2.24, 2.45) is 5.41 Å². The smallest absolute Gasteiger partial charge is 0.346 e. The molecule has 3 aliphatic carbocycles. The molecule has 3 aliphatic rings. The zero-order valence-electron chi connectivity index (χ0n) is 12.0. The first-order valence-corrected chi connectivity index (χ1v) is 8.66. The second kappa shape index (κ2) is 4.46. The second-order valence-electron chi connectivity index (χ2n) is 6.46. The van der Waals surface area contributed by atoms with Crippen LogP contribution in [0, 0.1) is 11.2 Å². The number of hydrogen-bond acceptors (Lipinski definition) is 3. The first-order chi connectivity index (χ1) is 10.4. The molecule has 23 heavy (non-hydrogen) atoms. The topological polar surface area (TPSA) is 63.2 Å². The lowest BCUT2D eigenvalue weighted by Crippen LogP contribution is -2.78. The van der Waals surface area contributed by atoms with Crippen LogP contribution in [0.1, 0.15) is 29.6 Å². The van der Waals surface area contributed by atoms with E-state index in [0.29, 0.717) is 0 Å². The Labute approximate surface area is 129 Å². The number of carbonyl (C=O) groups is 1. The van der Waals surface area contributed by atoms with Crippen LogP contribution in [0.3, 0.4) is 0 Å². The van der Waals surface area contributed by atoms with Gasteiger partial charge in [-0.1, -0.05) is 0 Å². The third kappa shape index (κ3) is 2.41. The number of amides is 1. The molecule has 0 unspecified atom stereocenters. The van der Waals surface area contributed by atoms with Gasteiger partial charge in [0, 0.05) is 11.8 Å². The monoisotopic (exact) mass is 351 g/mol. The summed E-state index contributed by atoms with van der Waals surface area (Å²) in [6, 6.07) is 2.66. The fraction of sp³-hybridized carbons (Fsp3) is 0.500. The maximum atomic E-state index is 13.3. The molecule has 3 fully saturated rings. The number of rotatable bonds is 3. The lowest BCUT2D eigenvalue weighted by molar-refractivity contribution is -0.336. The molecule has 4 nitrogen and oxygen atoms in total. The number of benzene rings is 1. The zero-order valence-corrected chi connectivity index (χ0v) is 12.8. The standard InChI is InChI=1S/C14H13F4NO3S/c1-23(21,22)10-3-2-8(15)4-9(10)11(20)19-13-5-12(6-13,7-13)14(16,17)18/h2-4H,5-7H2,1H3,(H,19,20). The quantitative estimate of drug-likeness (QED) is 0.672. The molecule has 1 aromatic carbocycles. The summed E-state index contributed by atoms with van der Waals surface area (Å²) in [5.41, 5.74) is -3.09. The SMILES string of the molecule is CS(=O)(=O)c1ccc(F)cc1C(=O)NC12CC(C(F)(F)F)(C1)C2. The molecule has 1 aromatic rings. The molecule has 126 valence electrons. The van der Waals surface area contributed by atoms with E-state index in [0.717, 1.165) is 24.5 Å². The molecule has 2 bridgehead atoms. The van der Waals surface area contributed by atoms with Crippen molar-refractivity contribution < 1.29 is 30.8 Å². The highest BCUT2D eigenvalue weighted by atomic mass is 32.2. The van der Waals surface area contributed by atoms with Gasteiger partial charge in [0.05, 0.1) is 15.9 Å². The van der Waals surface area contributed by atoms with Crippen molar-refractivity contribution in [2.75, 3.05) is 6.26 Å². The van der Waals surface area contributed by atoms with Crippen LogP contribution in [0.2, 0.25) is 0 Å². The van der Waals surface area contributed by atoms with Crippen molar-refractivity contribution in [1.29, 1.82) is 0 Å². The maximum absolute atomic E-state index is 13.3. The van der Waals surface area contributed by atoms with Crippen LogP contribution in [0.4, 0.5) is 17.6 Å². The Hall–Kier alpha value is -1.64. The van der Waals surface area contributed by atoms with Crippen LogP contribution in [0.5, 0.6) is 0 Å². The molecule has 0 spiro atoms. The second-order valence-corrected chi connectivity index (χ2v) is 8.44. The maximum Gasteiger partial charge on any atom is 0.394 e. The number of carbonyl (C=O) groups excluding carboxylic acids is 1. The van der Waals surface area contributed by atoms with E-state index in [1.165, 1.54) is 0 Å². The van der Waals surface area contributed by atoms with Crippen LogP contribution in [-0.2, 0) is 9.84 Å². The molecule has 3 saturated carbocycles. The summed E-state index contributed by atoms with van der Waals surface area (Å²) in [5, 5.41) is 2.44. The highest BCUT2D eigenvalue weighted by Crippen LogP contribution is 2.73. The summed E-state index contributed by atoms with van der Waals surface area (Å²) >= 11 is 0. The molecular weight excluding hydrogens is 338 g/mol. The normalized spacial score (nSPS) is 29.4. The van der Waals surface area contributed by atoms with Crippen molar-refractivity contribution in [1.82, 2.24) is 5.32 Å². The Morgan fingerprint density at radius 3 is 2.26 bits per heavy atom. The fourth-order valence-electron chi connectivity index (χ4n) is 3.53. The molecular formula is C14H13F4NO3S. The predicted octanol–water partition coefficient (Wildman–Crippen LogP) is 2.44. The molecule has 0 saturated heterocycles. The predicted molar refractivity (Wildman–Crippen MR) is 72.0 cm³/mol. The zero-order chi connectivity index (χ0) is 17.3. The van der Waals surface area contributed by atoms with E-state index in [4.69, 9.17) is 0 Å². The summed E-state index contributed by atoms with van der Waals surface area (Å²) in [6.45, 7) is 0. The Bertz CT molecular complexity index is 781. The first kappa shape index (κ1) is 16.2. The Morgan fingerprint density at radius 1 is 1.22 bits per heavy atom. The molecule has 0 aromatic heterocycles. The lowest BCUT2D eigenvalue weighted by Gasteiger charge is -2.70. The van der Waals surface area contributed by atoms with Gasteiger partial charge in [0.25, 0.3) is 5.91 Å². The van der Waals surface area contributed by atoms with E-state index in [9.17, 15) is 30.8 Å². The van der Waals surface area contributed by atoms with Crippen molar-refractivity contribution in [3.05, 3.63) is 29.6 Å². The van der Waals surface area contributed by atoms with Crippen molar-refractivity contribution in [3.8, 4) is 0 Å². The van der Waals surface area contributed by atoms with Gasteiger partial charge in [-0.3, -0.25) is 4.79 Å². The highest BCUT2D eigenvalue weighted by molar-refractivity contribution is 7.90. The molecule has 0 atom stereocenters. The number of alkyl halides is 3. The largest absolute Gasteiger partial charge is 0.394 e. The van der Waals surface area contributed by atoms with Gasteiger partial charge < -0.3 is 5.32 Å². The summed E-state index contributed by atoms with van der Waals surface area (Å²) in [7, 11) is -3.77. The molecule has 1 amide bonds. The van der Waals surface area contributed by atoms with Gasteiger partial charge in [0.2, 0.25) is 0 Å². The minimum absolute atomic E-state index is 0.223. The van der Waals surface area contributed by atoms with Crippen molar-refractivity contribution >= 4 is 15.7 Å². The molecule has 9 heteroatoms. The van der Waals surface area contributed by atoms with Gasteiger partial charge in [0.15, 0.2) is 9.84 Å². The van der Waals surface area contributed by atoms with Crippen molar-refractivity contribution in [3.63, 3.8) is 0 Å². The van der Waals surface area contributed by atoms with Gasteiger partial charge in [-0.25, -0.2) is 12.8 Å². The molecule has 0 aliphatic heterocycles. The van der Waals surface area contributed by atoms with Gasteiger partial charge in [-0.2, -0.15) is 13.2 Å². The lowest BCUT2D eigenvalue weighted by atomic mass is 9.39.